The largest absolute Gasteiger partial charge is 0.480 e. The smallest absolute Gasteiger partial charge is 0.320 e. The van der Waals surface area contributed by atoms with Crippen LogP contribution >= 0.6 is 0 Å². The summed E-state index contributed by atoms with van der Waals surface area (Å²) in [6, 6.07) is -0.645. The molecule has 2 N–H and O–H groups in total. The third-order valence-corrected chi connectivity index (χ3v) is 2.15. The van der Waals surface area contributed by atoms with Gasteiger partial charge in [0, 0.05) is 6.54 Å². The van der Waals surface area contributed by atoms with E-state index in [0.29, 0.717) is 19.6 Å². The summed E-state index contributed by atoms with van der Waals surface area (Å²) in [6.45, 7) is 5.85. The Hall–Kier alpha value is -1.10. The SMILES string of the molecule is CCOC(=O)[C@@H](CC)CN[C@@H](C)C(=O)O. The van der Waals surface area contributed by atoms with Crippen LogP contribution in [0.4, 0.5) is 0 Å². The molecule has 0 spiro atoms. The highest BCUT2D eigenvalue weighted by Crippen LogP contribution is 2.04. The van der Waals surface area contributed by atoms with Gasteiger partial charge in [-0.05, 0) is 20.3 Å². The van der Waals surface area contributed by atoms with E-state index in [2.05, 4.69) is 5.32 Å². The molecule has 0 unspecified atom stereocenters. The van der Waals surface area contributed by atoms with Crippen LogP contribution in [0.15, 0.2) is 0 Å². The molecule has 0 aliphatic rings. The van der Waals surface area contributed by atoms with Crippen molar-refractivity contribution < 1.29 is 19.4 Å². The first-order valence-electron chi connectivity index (χ1n) is 5.15. The van der Waals surface area contributed by atoms with Gasteiger partial charge in [0.05, 0.1) is 12.5 Å². The van der Waals surface area contributed by atoms with E-state index in [0.717, 1.165) is 0 Å². The molecular weight excluding hydrogens is 198 g/mol. The van der Waals surface area contributed by atoms with E-state index in [1.165, 1.54) is 0 Å². The number of carboxylic acid groups (broad SMARTS) is 1. The highest BCUT2D eigenvalue weighted by Gasteiger charge is 2.19. The number of hydrogen-bond donors (Lipinski definition) is 2. The summed E-state index contributed by atoms with van der Waals surface area (Å²) in [5.74, 6) is -1.47. The number of carbonyl (C=O) groups excluding carboxylic acids is 1. The lowest BCUT2D eigenvalue weighted by molar-refractivity contribution is -0.148. The van der Waals surface area contributed by atoms with Crippen molar-refractivity contribution in [1.82, 2.24) is 5.32 Å². The minimum Gasteiger partial charge on any atom is -0.480 e. The van der Waals surface area contributed by atoms with Crippen molar-refractivity contribution in [2.75, 3.05) is 13.2 Å². The molecule has 0 amide bonds. The molecule has 0 bridgehead atoms. The van der Waals surface area contributed by atoms with Gasteiger partial charge in [-0.1, -0.05) is 6.92 Å². The van der Waals surface area contributed by atoms with Crippen molar-refractivity contribution in [3.05, 3.63) is 0 Å². The Labute approximate surface area is 89.8 Å². The molecule has 5 nitrogen and oxygen atoms in total. The number of ether oxygens (including phenoxy) is 1. The Bertz CT molecular complexity index is 217. The van der Waals surface area contributed by atoms with Gasteiger partial charge in [0.1, 0.15) is 6.04 Å². The summed E-state index contributed by atoms with van der Waals surface area (Å²) >= 11 is 0. The Morgan fingerprint density at radius 2 is 2.00 bits per heavy atom. The standard InChI is InChI=1S/C10H19NO4/c1-4-8(10(14)15-5-2)6-11-7(3)9(12)13/h7-8,11H,4-6H2,1-3H3,(H,12,13)/t7-,8-/m0/s1. The number of hydrogen-bond acceptors (Lipinski definition) is 4. The third-order valence-electron chi connectivity index (χ3n) is 2.15. The van der Waals surface area contributed by atoms with E-state index in [1.54, 1.807) is 13.8 Å². The van der Waals surface area contributed by atoms with Crippen LogP contribution in [0.25, 0.3) is 0 Å². The van der Waals surface area contributed by atoms with Crippen LogP contribution in [0, 0.1) is 5.92 Å². The van der Waals surface area contributed by atoms with Crippen LogP contribution in [0.5, 0.6) is 0 Å². The number of aliphatic carboxylic acids is 1. The molecular formula is C10H19NO4. The number of carboxylic acids is 1. The summed E-state index contributed by atoms with van der Waals surface area (Å²) in [6.07, 6.45) is 0.637. The normalized spacial score (nSPS) is 14.3. The van der Waals surface area contributed by atoms with Gasteiger partial charge in [-0.25, -0.2) is 0 Å². The minimum atomic E-state index is -0.922. The fourth-order valence-electron chi connectivity index (χ4n) is 1.06. The fraction of sp³-hybridized carbons (Fsp3) is 0.800. The molecule has 2 atom stereocenters. The number of rotatable bonds is 7. The van der Waals surface area contributed by atoms with Crippen LogP contribution in [-0.2, 0) is 14.3 Å². The Morgan fingerprint density at radius 1 is 1.40 bits per heavy atom. The van der Waals surface area contributed by atoms with E-state index in [9.17, 15) is 9.59 Å². The first kappa shape index (κ1) is 13.9. The molecule has 15 heavy (non-hydrogen) atoms. The monoisotopic (exact) mass is 217 g/mol. The molecule has 0 fully saturated rings. The van der Waals surface area contributed by atoms with Gasteiger partial charge in [0.15, 0.2) is 0 Å². The van der Waals surface area contributed by atoms with Crippen LogP contribution in [0.1, 0.15) is 27.2 Å². The Morgan fingerprint density at radius 3 is 2.40 bits per heavy atom. The number of esters is 1. The zero-order valence-corrected chi connectivity index (χ0v) is 9.45. The van der Waals surface area contributed by atoms with E-state index >= 15 is 0 Å². The predicted octanol–water partition coefficient (Wildman–Crippen LogP) is 0.638. The molecule has 0 aromatic carbocycles. The lowest BCUT2D eigenvalue weighted by atomic mass is 10.1. The van der Waals surface area contributed by atoms with Gasteiger partial charge in [-0.2, -0.15) is 0 Å². The Kier molecular flexibility index (Phi) is 6.70. The van der Waals surface area contributed by atoms with Gasteiger partial charge in [-0.15, -0.1) is 0 Å². The van der Waals surface area contributed by atoms with Gasteiger partial charge in [-0.3, -0.25) is 9.59 Å². The number of carbonyl (C=O) groups is 2. The molecule has 0 radical (unpaired) electrons. The molecule has 0 saturated carbocycles. The molecule has 0 aliphatic carbocycles. The second-order valence-corrected chi connectivity index (χ2v) is 3.33. The molecule has 0 aromatic rings. The summed E-state index contributed by atoms with van der Waals surface area (Å²) in [4.78, 5) is 21.9. The first-order valence-corrected chi connectivity index (χ1v) is 5.15. The molecule has 0 saturated heterocycles. The molecule has 0 heterocycles. The highest BCUT2D eigenvalue weighted by atomic mass is 16.5. The second kappa shape index (κ2) is 7.23. The summed E-state index contributed by atoms with van der Waals surface area (Å²) < 4.78 is 4.86. The highest BCUT2D eigenvalue weighted by molar-refractivity contribution is 5.74. The third kappa shape index (κ3) is 5.37. The van der Waals surface area contributed by atoms with Crippen molar-refractivity contribution in [1.29, 1.82) is 0 Å². The van der Waals surface area contributed by atoms with E-state index < -0.39 is 12.0 Å². The fourth-order valence-corrected chi connectivity index (χ4v) is 1.06. The maximum atomic E-state index is 11.3. The topological polar surface area (TPSA) is 75.6 Å². The average molecular weight is 217 g/mol. The average Bonchev–Trinajstić information content (AvgIpc) is 2.18. The van der Waals surface area contributed by atoms with E-state index in [-0.39, 0.29) is 11.9 Å². The van der Waals surface area contributed by atoms with Crippen molar-refractivity contribution >= 4 is 11.9 Å². The minimum absolute atomic E-state index is 0.272. The second-order valence-electron chi connectivity index (χ2n) is 3.33. The van der Waals surface area contributed by atoms with Crippen LogP contribution < -0.4 is 5.32 Å². The lowest BCUT2D eigenvalue weighted by Crippen LogP contribution is -2.39. The Balaban J connectivity index is 3.99. The zero-order valence-electron chi connectivity index (χ0n) is 9.45. The summed E-state index contributed by atoms with van der Waals surface area (Å²) in [5, 5.41) is 11.4. The zero-order chi connectivity index (χ0) is 11.8. The van der Waals surface area contributed by atoms with Crippen molar-refractivity contribution in [2.45, 2.75) is 33.2 Å². The molecule has 5 heteroatoms. The maximum Gasteiger partial charge on any atom is 0.320 e. The molecule has 0 rings (SSSR count). The first-order chi connectivity index (χ1) is 7.02. The molecule has 88 valence electrons. The van der Waals surface area contributed by atoms with Gasteiger partial charge >= 0.3 is 11.9 Å². The number of nitrogens with one attached hydrogen (secondary N) is 1. The lowest BCUT2D eigenvalue weighted by Gasteiger charge is -2.16. The van der Waals surface area contributed by atoms with Crippen LogP contribution in [0.3, 0.4) is 0 Å². The van der Waals surface area contributed by atoms with Gasteiger partial charge in [0.2, 0.25) is 0 Å². The van der Waals surface area contributed by atoms with Crippen molar-refractivity contribution in [2.24, 2.45) is 5.92 Å². The van der Waals surface area contributed by atoms with Crippen molar-refractivity contribution in [3.63, 3.8) is 0 Å². The quantitative estimate of drug-likeness (QED) is 0.612. The molecule has 0 aromatic heterocycles. The van der Waals surface area contributed by atoms with Gasteiger partial charge < -0.3 is 15.2 Å². The maximum absolute atomic E-state index is 11.3. The van der Waals surface area contributed by atoms with Crippen LogP contribution in [0.2, 0.25) is 0 Å². The van der Waals surface area contributed by atoms with Crippen molar-refractivity contribution in [3.8, 4) is 0 Å². The van der Waals surface area contributed by atoms with Crippen LogP contribution in [-0.4, -0.2) is 36.2 Å². The molecule has 0 aliphatic heterocycles. The van der Waals surface area contributed by atoms with Gasteiger partial charge in [0.25, 0.3) is 0 Å². The summed E-state index contributed by atoms with van der Waals surface area (Å²) in [7, 11) is 0. The predicted molar refractivity (Wildman–Crippen MR) is 55.5 cm³/mol. The van der Waals surface area contributed by atoms with E-state index in [4.69, 9.17) is 9.84 Å². The summed E-state index contributed by atoms with van der Waals surface area (Å²) in [5.41, 5.74) is 0. The van der Waals surface area contributed by atoms with E-state index in [1.807, 2.05) is 6.92 Å².